The van der Waals surface area contributed by atoms with Gasteiger partial charge in [0.1, 0.15) is 25.1 Å². The Morgan fingerprint density at radius 1 is 1.14 bits per heavy atom. The van der Waals surface area contributed by atoms with E-state index in [1.807, 2.05) is 11.4 Å². The minimum Gasteiger partial charge on any atom is -0.497 e. The van der Waals surface area contributed by atoms with Crippen LogP contribution in [-0.2, 0) is 0 Å². The maximum atomic E-state index is 12.6. The van der Waals surface area contributed by atoms with Gasteiger partial charge in [-0.2, -0.15) is 0 Å². The molecule has 0 bridgehead atoms. The first-order valence-electron chi connectivity index (χ1n) is 8.76. The van der Waals surface area contributed by atoms with Crippen molar-refractivity contribution in [2.24, 2.45) is 0 Å². The van der Waals surface area contributed by atoms with Gasteiger partial charge in [0.25, 0.3) is 5.91 Å². The van der Waals surface area contributed by atoms with E-state index < -0.39 is 6.10 Å². The second kappa shape index (κ2) is 7.92. The van der Waals surface area contributed by atoms with Crippen LogP contribution in [0.4, 0.5) is 5.69 Å². The van der Waals surface area contributed by atoms with Gasteiger partial charge in [-0.25, -0.2) is 0 Å². The molecule has 2 heterocycles. The van der Waals surface area contributed by atoms with Crippen molar-refractivity contribution in [3.63, 3.8) is 0 Å². The molecule has 0 fully saturated rings. The molecule has 1 aliphatic rings. The van der Waals surface area contributed by atoms with Crippen LogP contribution in [0.25, 0.3) is 0 Å². The van der Waals surface area contributed by atoms with Crippen molar-refractivity contribution in [3.8, 4) is 17.2 Å². The molecular formula is C21H19NO5S. The van der Waals surface area contributed by atoms with Crippen LogP contribution in [0.15, 0.2) is 53.9 Å². The molecule has 4 rings (SSSR count). The van der Waals surface area contributed by atoms with E-state index in [9.17, 15) is 9.90 Å². The molecule has 2 N–H and O–H groups in total. The number of hydrogen-bond acceptors (Lipinski definition) is 6. The SMILES string of the molecule is COc1ccc([C@@H](O)c2cc3c(cc2NC(=O)c2cccs2)OCCO3)cc1. The Balaban J connectivity index is 1.71. The molecule has 2 aromatic carbocycles. The lowest BCUT2D eigenvalue weighted by Gasteiger charge is -2.23. The predicted molar refractivity (Wildman–Crippen MR) is 107 cm³/mol. The fraction of sp³-hybridized carbons (Fsp3) is 0.190. The molecule has 28 heavy (non-hydrogen) atoms. The molecular weight excluding hydrogens is 378 g/mol. The monoisotopic (exact) mass is 397 g/mol. The highest BCUT2D eigenvalue weighted by Crippen LogP contribution is 2.40. The lowest BCUT2D eigenvalue weighted by molar-refractivity contribution is 0.103. The molecule has 0 aliphatic carbocycles. The van der Waals surface area contributed by atoms with Gasteiger partial charge < -0.3 is 24.6 Å². The van der Waals surface area contributed by atoms with E-state index in [1.54, 1.807) is 49.6 Å². The number of amides is 1. The van der Waals surface area contributed by atoms with Gasteiger partial charge >= 0.3 is 0 Å². The zero-order chi connectivity index (χ0) is 19.5. The molecule has 7 heteroatoms. The maximum Gasteiger partial charge on any atom is 0.265 e. The lowest BCUT2D eigenvalue weighted by Crippen LogP contribution is -2.18. The Bertz CT molecular complexity index is 969. The van der Waals surface area contributed by atoms with E-state index in [2.05, 4.69) is 5.32 Å². The zero-order valence-electron chi connectivity index (χ0n) is 15.2. The highest BCUT2D eigenvalue weighted by Gasteiger charge is 2.23. The molecule has 1 aromatic heterocycles. The summed E-state index contributed by atoms with van der Waals surface area (Å²) in [6, 6.07) is 14.1. The van der Waals surface area contributed by atoms with Gasteiger partial charge in [-0.05, 0) is 35.2 Å². The smallest absolute Gasteiger partial charge is 0.265 e. The first-order chi connectivity index (χ1) is 13.7. The van der Waals surface area contributed by atoms with Gasteiger partial charge in [0.05, 0.1) is 17.7 Å². The Kier molecular flexibility index (Phi) is 5.18. The summed E-state index contributed by atoms with van der Waals surface area (Å²) in [4.78, 5) is 13.2. The van der Waals surface area contributed by atoms with Crippen LogP contribution in [0, 0.1) is 0 Å². The number of carbonyl (C=O) groups excluding carboxylic acids is 1. The van der Waals surface area contributed by atoms with Crippen molar-refractivity contribution in [3.05, 3.63) is 69.9 Å². The second-order valence-corrected chi connectivity index (χ2v) is 7.14. The van der Waals surface area contributed by atoms with E-state index in [0.29, 0.717) is 52.2 Å². The summed E-state index contributed by atoms with van der Waals surface area (Å²) in [5, 5.41) is 15.7. The average molecular weight is 397 g/mol. The van der Waals surface area contributed by atoms with Crippen LogP contribution in [0.5, 0.6) is 17.2 Å². The molecule has 0 saturated carbocycles. The van der Waals surface area contributed by atoms with Crippen LogP contribution >= 0.6 is 11.3 Å². The number of aliphatic hydroxyl groups excluding tert-OH is 1. The Morgan fingerprint density at radius 3 is 2.50 bits per heavy atom. The highest BCUT2D eigenvalue weighted by atomic mass is 32.1. The maximum absolute atomic E-state index is 12.6. The van der Waals surface area contributed by atoms with Crippen molar-refractivity contribution in [2.45, 2.75) is 6.10 Å². The van der Waals surface area contributed by atoms with E-state index in [4.69, 9.17) is 14.2 Å². The Labute approximate surface area is 166 Å². The molecule has 0 spiro atoms. The van der Waals surface area contributed by atoms with E-state index in [1.165, 1.54) is 11.3 Å². The number of benzene rings is 2. The number of rotatable bonds is 5. The minimum atomic E-state index is -0.958. The van der Waals surface area contributed by atoms with Crippen LogP contribution in [0.1, 0.15) is 26.9 Å². The number of ether oxygens (including phenoxy) is 3. The summed E-state index contributed by atoms with van der Waals surface area (Å²) in [6.07, 6.45) is -0.958. The summed E-state index contributed by atoms with van der Waals surface area (Å²) in [5.41, 5.74) is 1.68. The molecule has 0 saturated heterocycles. The summed E-state index contributed by atoms with van der Waals surface area (Å²) in [7, 11) is 1.59. The second-order valence-electron chi connectivity index (χ2n) is 6.19. The molecule has 0 radical (unpaired) electrons. The first-order valence-corrected chi connectivity index (χ1v) is 9.64. The third kappa shape index (κ3) is 3.67. The summed E-state index contributed by atoms with van der Waals surface area (Å²) in [5.74, 6) is 1.54. The topological polar surface area (TPSA) is 77.0 Å². The Hall–Kier alpha value is -3.03. The van der Waals surface area contributed by atoms with Gasteiger partial charge in [0.15, 0.2) is 11.5 Å². The van der Waals surface area contributed by atoms with Crippen molar-refractivity contribution in [1.29, 1.82) is 0 Å². The van der Waals surface area contributed by atoms with E-state index in [-0.39, 0.29) is 5.91 Å². The van der Waals surface area contributed by atoms with Gasteiger partial charge in [-0.15, -0.1) is 11.3 Å². The number of anilines is 1. The number of methoxy groups -OCH3 is 1. The quantitative estimate of drug-likeness (QED) is 0.684. The molecule has 1 amide bonds. The van der Waals surface area contributed by atoms with Gasteiger partial charge in [-0.1, -0.05) is 18.2 Å². The number of hydrogen-bond donors (Lipinski definition) is 2. The van der Waals surface area contributed by atoms with Crippen LogP contribution in [0.3, 0.4) is 0 Å². The van der Waals surface area contributed by atoms with Crippen molar-refractivity contribution >= 4 is 22.9 Å². The first kappa shape index (κ1) is 18.3. The van der Waals surface area contributed by atoms with E-state index >= 15 is 0 Å². The average Bonchev–Trinajstić information content (AvgIpc) is 3.28. The van der Waals surface area contributed by atoms with E-state index in [0.717, 1.165) is 0 Å². The van der Waals surface area contributed by atoms with Gasteiger partial charge in [0, 0.05) is 11.6 Å². The molecule has 3 aromatic rings. The summed E-state index contributed by atoms with van der Waals surface area (Å²) >= 11 is 1.35. The normalized spacial score (nSPS) is 13.6. The van der Waals surface area contributed by atoms with Crippen LogP contribution < -0.4 is 19.5 Å². The third-order valence-corrected chi connectivity index (χ3v) is 5.30. The summed E-state index contributed by atoms with van der Waals surface area (Å²) in [6.45, 7) is 0.873. The van der Waals surface area contributed by atoms with Gasteiger partial charge in [-0.3, -0.25) is 4.79 Å². The van der Waals surface area contributed by atoms with Crippen molar-refractivity contribution in [1.82, 2.24) is 0 Å². The van der Waals surface area contributed by atoms with Crippen LogP contribution in [-0.4, -0.2) is 31.3 Å². The molecule has 1 aliphatic heterocycles. The fourth-order valence-electron chi connectivity index (χ4n) is 3.00. The molecule has 6 nitrogen and oxygen atoms in total. The van der Waals surface area contributed by atoms with Crippen molar-refractivity contribution in [2.75, 3.05) is 25.6 Å². The lowest BCUT2D eigenvalue weighted by atomic mass is 9.98. The minimum absolute atomic E-state index is 0.241. The van der Waals surface area contributed by atoms with Crippen LogP contribution in [0.2, 0.25) is 0 Å². The Morgan fingerprint density at radius 2 is 1.86 bits per heavy atom. The van der Waals surface area contributed by atoms with Crippen molar-refractivity contribution < 1.29 is 24.1 Å². The predicted octanol–water partition coefficient (Wildman–Crippen LogP) is 3.86. The third-order valence-electron chi connectivity index (χ3n) is 4.43. The molecule has 1 atom stereocenters. The zero-order valence-corrected chi connectivity index (χ0v) is 16.0. The fourth-order valence-corrected chi connectivity index (χ4v) is 3.62. The largest absolute Gasteiger partial charge is 0.497 e. The van der Waals surface area contributed by atoms with Gasteiger partial charge in [0.2, 0.25) is 0 Å². The summed E-state index contributed by atoms with van der Waals surface area (Å²) < 4.78 is 16.5. The number of aliphatic hydroxyl groups is 1. The standard InChI is InChI=1S/C21H19NO5S/c1-25-14-6-4-13(5-7-14)20(23)15-11-17-18(27-9-8-26-17)12-16(15)22-21(24)19-3-2-10-28-19/h2-7,10-12,20,23H,8-9H2,1H3,(H,22,24)/t20-/m1/s1. The number of thiophene rings is 1. The molecule has 0 unspecified atom stereocenters. The number of fused-ring (bicyclic) bond motifs is 1. The number of nitrogens with one attached hydrogen (secondary N) is 1. The number of carbonyl (C=O) groups is 1. The highest BCUT2D eigenvalue weighted by molar-refractivity contribution is 7.12. The molecule has 144 valence electrons.